The summed E-state index contributed by atoms with van der Waals surface area (Å²) in [7, 11) is 0. The van der Waals surface area contributed by atoms with Crippen molar-refractivity contribution in [2.45, 2.75) is 44.4 Å². The van der Waals surface area contributed by atoms with E-state index in [1.54, 1.807) is 6.20 Å². The van der Waals surface area contributed by atoms with Crippen LogP contribution in [0.5, 0.6) is 0 Å². The normalized spacial score (nSPS) is 18.3. The molecule has 3 aliphatic heterocycles. The molecule has 0 spiro atoms. The van der Waals surface area contributed by atoms with E-state index in [0.29, 0.717) is 56.5 Å². The molecule has 43 heavy (non-hydrogen) atoms. The standard InChI is InChI=1S/C33H33F3N6O/c1-37-28-7-8-29(38-20-28)22-40-12-10-24(11-13-40)25-4-9-30-26(18-25)19-31(39-30)32(43)42-16-14-41(15-17-42)21-23-2-5-27(6-3-23)33(34,35)36/h2-9,18,20,24H,10-17,19,21-22H2. The van der Waals surface area contributed by atoms with Gasteiger partial charge in [0.05, 0.1) is 23.5 Å². The number of piperazine rings is 1. The highest BCUT2D eigenvalue weighted by Gasteiger charge is 2.31. The SMILES string of the molecule is [C-]#[N+]c1ccc(CN2CCC(c3ccc4c(c3)CC(C(=O)N3CCN(Cc5ccc(C(F)(F)F)cc5)CC3)=N4)CC2)nc1. The van der Waals surface area contributed by atoms with E-state index in [1.807, 2.05) is 23.1 Å². The number of hydrogen-bond acceptors (Lipinski definition) is 5. The number of fused-ring (bicyclic) bond motifs is 1. The van der Waals surface area contributed by atoms with Crippen molar-refractivity contribution in [3.05, 3.63) is 100 Å². The maximum absolute atomic E-state index is 13.3. The van der Waals surface area contributed by atoms with Crippen molar-refractivity contribution in [2.75, 3.05) is 39.3 Å². The molecule has 2 aromatic carbocycles. The third kappa shape index (κ3) is 6.79. The van der Waals surface area contributed by atoms with Gasteiger partial charge in [-0.3, -0.25) is 19.6 Å². The maximum atomic E-state index is 13.3. The molecule has 222 valence electrons. The fourth-order valence-corrected chi connectivity index (χ4v) is 6.18. The number of halogens is 3. The molecule has 0 N–H and O–H groups in total. The number of aliphatic imine (C=N–C) groups is 1. The number of amides is 1. The number of nitrogens with zero attached hydrogens (tertiary/aromatic N) is 6. The molecule has 0 bridgehead atoms. The van der Waals surface area contributed by atoms with E-state index in [0.717, 1.165) is 67.1 Å². The first kappa shape index (κ1) is 29.0. The first-order chi connectivity index (χ1) is 20.7. The van der Waals surface area contributed by atoms with Gasteiger partial charge in [0.15, 0.2) is 0 Å². The highest BCUT2D eigenvalue weighted by atomic mass is 19.4. The molecule has 0 aliphatic carbocycles. The van der Waals surface area contributed by atoms with Gasteiger partial charge in [0.2, 0.25) is 5.69 Å². The number of rotatable bonds is 6. The first-order valence-corrected chi connectivity index (χ1v) is 14.7. The molecule has 10 heteroatoms. The minimum atomic E-state index is -4.33. The van der Waals surface area contributed by atoms with Crippen molar-refractivity contribution in [3.8, 4) is 0 Å². The second-order valence-electron chi connectivity index (χ2n) is 11.6. The third-order valence-corrected chi connectivity index (χ3v) is 8.69. The summed E-state index contributed by atoms with van der Waals surface area (Å²) in [4.78, 5) is 32.2. The number of hydrogen-bond donors (Lipinski definition) is 0. The number of carbonyl (C=O) groups excluding carboxylic acids is 1. The fourth-order valence-electron chi connectivity index (χ4n) is 6.18. The van der Waals surface area contributed by atoms with Crippen molar-refractivity contribution in [2.24, 2.45) is 4.99 Å². The molecule has 0 radical (unpaired) electrons. The zero-order valence-electron chi connectivity index (χ0n) is 23.9. The lowest BCUT2D eigenvalue weighted by Crippen LogP contribution is -2.50. The van der Waals surface area contributed by atoms with Gasteiger partial charge >= 0.3 is 6.18 Å². The number of pyridine rings is 1. The van der Waals surface area contributed by atoms with E-state index in [2.05, 4.69) is 36.8 Å². The Kier molecular flexibility index (Phi) is 8.28. The number of alkyl halides is 3. The molecule has 7 nitrogen and oxygen atoms in total. The van der Waals surface area contributed by atoms with Gasteiger partial charge in [0.1, 0.15) is 5.71 Å². The molecular formula is C33H33F3N6O. The Morgan fingerprint density at radius 3 is 2.28 bits per heavy atom. The lowest BCUT2D eigenvalue weighted by Gasteiger charge is -2.34. The van der Waals surface area contributed by atoms with Crippen molar-refractivity contribution in [1.82, 2.24) is 19.7 Å². The van der Waals surface area contributed by atoms with Gasteiger partial charge in [-0.2, -0.15) is 13.2 Å². The summed E-state index contributed by atoms with van der Waals surface area (Å²) in [5, 5.41) is 0. The van der Waals surface area contributed by atoms with Crippen LogP contribution in [0.2, 0.25) is 0 Å². The largest absolute Gasteiger partial charge is 0.416 e. The molecule has 0 saturated carbocycles. The summed E-state index contributed by atoms with van der Waals surface area (Å²) in [5.74, 6) is 0.440. The molecule has 0 atom stereocenters. The molecule has 6 rings (SSSR count). The minimum Gasteiger partial charge on any atom is -0.335 e. The number of likely N-dealkylation sites (tertiary alicyclic amines) is 1. The predicted molar refractivity (Wildman–Crippen MR) is 158 cm³/mol. The third-order valence-electron chi connectivity index (χ3n) is 8.69. The van der Waals surface area contributed by atoms with E-state index in [-0.39, 0.29) is 5.91 Å². The second-order valence-corrected chi connectivity index (χ2v) is 11.6. The lowest BCUT2D eigenvalue weighted by molar-refractivity contribution is -0.137. The van der Waals surface area contributed by atoms with E-state index in [9.17, 15) is 18.0 Å². The summed E-state index contributed by atoms with van der Waals surface area (Å²) in [6.07, 6.45) is -0.0445. The van der Waals surface area contributed by atoms with E-state index in [4.69, 9.17) is 6.57 Å². The summed E-state index contributed by atoms with van der Waals surface area (Å²) in [6.45, 7) is 12.9. The first-order valence-electron chi connectivity index (χ1n) is 14.7. The van der Waals surface area contributed by atoms with Crippen LogP contribution < -0.4 is 0 Å². The van der Waals surface area contributed by atoms with Crippen LogP contribution in [0.1, 0.15) is 46.7 Å². The van der Waals surface area contributed by atoms with Crippen molar-refractivity contribution < 1.29 is 18.0 Å². The second kappa shape index (κ2) is 12.3. The van der Waals surface area contributed by atoms with E-state index >= 15 is 0 Å². The molecule has 1 amide bonds. The van der Waals surface area contributed by atoms with Crippen LogP contribution in [0.4, 0.5) is 24.5 Å². The topological polar surface area (TPSA) is 56.4 Å². The van der Waals surface area contributed by atoms with Crippen LogP contribution in [0, 0.1) is 6.57 Å². The van der Waals surface area contributed by atoms with Gasteiger partial charge in [-0.15, -0.1) is 0 Å². The zero-order valence-corrected chi connectivity index (χ0v) is 23.9. The van der Waals surface area contributed by atoms with Crippen LogP contribution in [-0.2, 0) is 30.5 Å². The van der Waals surface area contributed by atoms with Gasteiger partial charge in [0, 0.05) is 51.9 Å². The monoisotopic (exact) mass is 586 g/mol. The van der Waals surface area contributed by atoms with Crippen molar-refractivity contribution in [3.63, 3.8) is 0 Å². The van der Waals surface area contributed by atoms with Crippen LogP contribution >= 0.6 is 0 Å². The summed E-state index contributed by atoms with van der Waals surface area (Å²) in [6, 6.07) is 15.5. The van der Waals surface area contributed by atoms with Gasteiger partial charge in [-0.1, -0.05) is 30.3 Å². The smallest absolute Gasteiger partial charge is 0.335 e. The average Bonchev–Trinajstić information content (AvgIpc) is 3.45. The van der Waals surface area contributed by atoms with Crippen LogP contribution in [0.15, 0.2) is 65.8 Å². The lowest BCUT2D eigenvalue weighted by atomic mass is 9.88. The Bertz CT molecular complexity index is 1530. The van der Waals surface area contributed by atoms with Crippen LogP contribution in [0.25, 0.3) is 4.85 Å². The Balaban J connectivity index is 0.976. The van der Waals surface area contributed by atoms with Crippen LogP contribution in [0.3, 0.4) is 0 Å². The zero-order chi connectivity index (χ0) is 30.0. The summed E-state index contributed by atoms with van der Waals surface area (Å²) in [5.41, 5.74) is 5.59. The molecular weight excluding hydrogens is 553 g/mol. The van der Waals surface area contributed by atoms with Gasteiger partial charge < -0.3 is 4.90 Å². The van der Waals surface area contributed by atoms with Gasteiger partial charge in [-0.05, 0) is 72.8 Å². The minimum absolute atomic E-state index is 0.0294. The number of piperidine rings is 1. The molecule has 3 aliphatic rings. The Morgan fingerprint density at radius 1 is 0.907 bits per heavy atom. The number of carbonyl (C=O) groups is 1. The van der Waals surface area contributed by atoms with E-state index < -0.39 is 11.7 Å². The van der Waals surface area contributed by atoms with Crippen LogP contribution in [-0.4, -0.2) is 70.6 Å². The average molecular weight is 587 g/mol. The molecule has 1 aromatic heterocycles. The van der Waals surface area contributed by atoms with Crippen molar-refractivity contribution in [1.29, 1.82) is 0 Å². The highest BCUT2D eigenvalue weighted by Crippen LogP contribution is 2.35. The van der Waals surface area contributed by atoms with Gasteiger partial charge in [0.25, 0.3) is 5.91 Å². The molecule has 3 aromatic rings. The molecule has 2 fully saturated rings. The number of benzene rings is 2. The molecule has 4 heterocycles. The Morgan fingerprint density at radius 2 is 1.63 bits per heavy atom. The maximum Gasteiger partial charge on any atom is 0.416 e. The van der Waals surface area contributed by atoms with E-state index in [1.165, 1.54) is 17.7 Å². The summed E-state index contributed by atoms with van der Waals surface area (Å²) >= 11 is 0. The summed E-state index contributed by atoms with van der Waals surface area (Å²) < 4.78 is 38.5. The Labute approximate surface area is 249 Å². The number of aromatic nitrogens is 1. The van der Waals surface area contributed by atoms with Crippen molar-refractivity contribution >= 4 is 23.0 Å². The highest BCUT2D eigenvalue weighted by molar-refractivity contribution is 6.40. The quantitative estimate of drug-likeness (QED) is 0.333. The van der Waals surface area contributed by atoms with Gasteiger partial charge in [-0.25, -0.2) is 9.84 Å². The molecule has 2 saturated heterocycles. The predicted octanol–water partition coefficient (Wildman–Crippen LogP) is 6.00. The Hall–Kier alpha value is -4.07. The fraction of sp³-hybridized carbons (Fsp3) is 0.394. The molecule has 0 unspecified atom stereocenters.